The largest absolute Gasteiger partial charge is 0.307 e. The molecule has 0 saturated carbocycles. The normalized spacial score (nSPS) is 11.6. The number of hydrogen-bond donors (Lipinski definition) is 3. The van der Waals surface area contributed by atoms with Gasteiger partial charge in [0, 0.05) is 17.2 Å². The fourth-order valence-corrected chi connectivity index (χ4v) is 4.04. The Labute approximate surface area is 129 Å². The SMILES string of the molecule is Cc1cscc1CNS(=O)(=O)c1cc(Br)cnc1NN. The summed E-state index contributed by atoms with van der Waals surface area (Å²) in [5, 5.41) is 3.89. The number of nitrogens with zero attached hydrogens (tertiary/aromatic N) is 1. The van der Waals surface area contributed by atoms with Gasteiger partial charge in [-0.2, -0.15) is 11.3 Å². The summed E-state index contributed by atoms with van der Waals surface area (Å²) in [6.07, 6.45) is 1.47. The number of pyridine rings is 1. The van der Waals surface area contributed by atoms with Crippen LogP contribution in [-0.2, 0) is 16.6 Å². The van der Waals surface area contributed by atoms with Gasteiger partial charge in [0.1, 0.15) is 4.90 Å². The van der Waals surface area contributed by atoms with Gasteiger partial charge in [-0.25, -0.2) is 24.0 Å². The zero-order valence-electron chi connectivity index (χ0n) is 10.6. The van der Waals surface area contributed by atoms with Gasteiger partial charge < -0.3 is 5.43 Å². The van der Waals surface area contributed by atoms with Crippen LogP contribution in [0, 0.1) is 6.92 Å². The number of aromatic nitrogens is 1. The Morgan fingerprint density at radius 2 is 2.20 bits per heavy atom. The summed E-state index contributed by atoms with van der Waals surface area (Å²) in [5.41, 5.74) is 4.29. The fourth-order valence-electron chi connectivity index (χ4n) is 1.55. The monoisotopic (exact) mass is 376 g/mol. The molecule has 0 saturated heterocycles. The third-order valence-electron chi connectivity index (χ3n) is 2.66. The molecule has 0 aromatic carbocycles. The number of thiophene rings is 1. The third kappa shape index (κ3) is 3.36. The maximum Gasteiger partial charge on any atom is 0.244 e. The van der Waals surface area contributed by atoms with Gasteiger partial charge in [-0.1, -0.05) is 0 Å². The van der Waals surface area contributed by atoms with Crippen molar-refractivity contribution in [3.05, 3.63) is 38.6 Å². The van der Waals surface area contributed by atoms with Crippen LogP contribution in [-0.4, -0.2) is 13.4 Å². The highest BCUT2D eigenvalue weighted by atomic mass is 79.9. The maximum atomic E-state index is 12.3. The van der Waals surface area contributed by atoms with Crippen molar-refractivity contribution in [2.24, 2.45) is 5.84 Å². The average molecular weight is 377 g/mol. The van der Waals surface area contributed by atoms with Crippen LogP contribution in [0.1, 0.15) is 11.1 Å². The first-order valence-corrected chi connectivity index (χ1v) is 8.79. The molecule has 6 nitrogen and oxygen atoms in total. The zero-order chi connectivity index (χ0) is 14.8. The number of nitrogens with two attached hydrogens (primary N) is 1. The van der Waals surface area contributed by atoms with Crippen molar-refractivity contribution in [2.45, 2.75) is 18.4 Å². The zero-order valence-corrected chi connectivity index (χ0v) is 13.8. The van der Waals surface area contributed by atoms with Gasteiger partial charge >= 0.3 is 0 Å². The second kappa shape index (κ2) is 6.19. The Morgan fingerprint density at radius 3 is 2.80 bits per heavy atom. The second-order valence-corrected chi connectivity index (χ2v) is 7.44. The Bertz CT molecular complexity index is 715. The first-order chi connectivity index (χ1) is 9.44. The number of anilines is 1. The molecular weight excluding hydrogens is 364 g/mol. The minimum Gasteiger partial charge on any atom is -0.307 e. The molecule has 0 amide bonds. The summed E-state index contributed by atoms with van der Waals surface area (Å²) < 4.78 is 27.7. The molecule has 20 heavy (non-hydrogen) atoms. The van der Waals surface area contributed by atoms with Crippen molar-refractivity contribution in [1.82, 2.24) is 9.71 Å². The molecule has 108 valence electrons. The summed E-state index contributed by atoms with van der Waals surface area (Å²) in [5.74, 6) is 5.39. The standard InChI is InChI=1S/C11H13BrN4O2S2/c1-7-5-19-6-8(7)3-15-20(17,18)10-2-9(12)4-14-11(10)16-13/h2,4-6,15H,3,13H2,1H3,(H,14,16). The lowest BCUT2D eigenvalue weighted by molar-refractivity contribution is 0.581. The van der Waals surface area contributed by atoms with E-state index in [0.717, 1.165) is 11.1 Å². The van der Waals surface area contributed by atoms with E-state index in [9.17, 15) is 8.42 Å². The van der Waals surface area contributed by atoms with E-state index in [0.29, 0.717) is 4.47 Å². The Morgan fingerprint density at radius 1 is 1.45 bits per heavy atom. The van der Waals surface area contributed by atoms with Gasteiger partial charge in [-0.05, 0) is 50.8 Å². The molecule has 0 fully saturated rings. The van der Waals surface area contributed by atoms with Gasteiger partial charge in [0.25, 0.3) is 0 Å². The van der Waals surface area contributed by atoms with Gasteiger partial charge in [0.2, 0.25) is 10.0 Å². The van der Waals surface area contributed by atoms with E-state index in [1.165, 1.54) is 23.6 Å². The lowest BCUT2D eigenvalue weighted by Crippen LogP contribution is -2.25. The van der Waals surface area contributed by atoms with Crippen molar-refractivity contribution < 1.29 is 8.42 Å². The lowest BCUT2D eigenvalue weighted by atomic mass is 10.2. The van der Waals surface area contributed by atoms with Crippen LogP contribution < -0.4 is 16.0 Å². The molecule has 0 aliphatic rings. The number of aryl methyl sites for hydroxylation is 1. The third-order valence-corrected chi connectivity index (χ3v) is 5.42. The summed E-state index contributed by atoms with van der Waals surface area (Å²) >= 11 is 4.73. The molecule has 2 aromatic rings. The Hall–Kier alpha value is -1.00. The molecule has 0 atom stereocenters. The first-order valence-electron chi connectivity index (χ1n) is 5.57. The van der Waals surface area contributed by atoms with Gasteiger partial charge in [0.05, 0.1) is 0 Å². The molecule has 0 aliphatic heterocycles. The van der Waals surface area contributed by atoms with Crippen molar-refractivity contribution in [3.8, 4) is 0 Å². The molecule has 0 radical (unpaired) electrons. The first kappa shape index (κ1) is 15.4. The Kier molecular flexibility index (Phi) is 4.76. The molecule has 2 heterocycles. The maximum absolute atomic E-state index is 12.3. The molecule has 0 aliphatic carbocycles. The number of hydrazine groups is 1. The quantitative estimate of drug-likeness (QED) is 0.547. The summed E-state index contributed by atoms with van der Waals surface area (Å²) in [4.78, 5) is 3.93. The van der Waals surface area contributed by atoms with Crippen molar-refractivity contribution >= 4 is 43.1 Å². The van der Waals surface area contributed by atoms with Crippen molar-refractivity contribution in [3.63, 3.8) is 0 Å². The second-order valence-electron chi connectivity index (χ2n) is 4.05. The molecule has 9 heteroatoms. The van der Waals surface area contributed by atoms with E-state index in [2.05, 4.69) is 31.1 Å². The van der Waals surface area contributed by atoms with Crippen molar-refractivity contribution in [1.29, 1.82) is 0 Å². The topological polar surface area (TPSA) is 97.1 Å². The predicted molar refractivity (Wildman–Crippen MR) is 82.8 cm³/mol. The number of nitrogen functional groups attached to an aromatic ring is 1. The molecule has 4 N–H and O–H groups in total. The van der Waals surface area contributed by atoms with E-state index >= 15 is 0 Å². The van der Waals surface area contributed by atoms with Gasteiger partial charge in [-0.15, -0.1) is 0 Å². The van der Waals surface area contributed by atoms with E-state index in [1.807, 2.05) is 17.7 Å². The van der Waals surface area contributed by atoms with E-state index in [-0.39, 0.29) is 17.3 Å². The molecule has 0 spiro atoms. The summed E-state index contributed by atoms with van der Waals surface area (Å²) in [6, 6.07) is 1.45. The van der Waals surface area contributed by atoms with Crippen LogP contribution in [0.4, 0.5) is 5.82 Å². The van der Waals surface area contributed by atoms with Crippen LogP contribution in [0.5, 0.6) is 0 Å². The van der Waals surface area contributed by atoms with Crippen LogP contribution in [0.3, 0.4) is 0 Å². The Balaban J connectivity index is 2.26. The van der Waals surface area contributed by atoms with Crippen LogP contribution in [0.15, 0.2) is 32.4 Å². The smallest absolute Gasteiger partial charge is 0.244 e. The van der Waals surface area contributed by atoms with E-state index in [4.69, 9.17) is 5.84 Å². The minimum absolute atomic E-state index is 0.00209. The van der Waals surface area contributed by atoms with E-state index in [1.54, 1.807) is 0 Å². The minimum atomic E-state index is -3.70. The van der Waals surface area contributed by atoms with E-state index < -0.39 is 10.0 Å². The highest BCUT2D eigenvalue weighted by Gasteiger charge is 2.20. The molecule has 0 unspecified atom stereocenters. The van der Waals surface area contributed by atoms with Gasteiger partial charge in [0.15, 0.2) is 5.82 Å². The van der Waals surface area contributed by atoms with Gasteiger partial charge in [-0.3, -0.25) is 0 Å². The molecule has 2 aromatic heterocycles. The number of halogens is 1. The number of hydrogen-bond acceptors (Lipinski definition) is 6. The highest BCUT2D eigenvalue weighted by Crippen LogP contribution is 2.22. The number of sulfonamides is 1. The highest BCUT2D eigenvalue weighted by molar-refractivity contribution is 9.10. The molecular formula is C11H13BrN4O2S2. The number of rotatable bonds is 5. The summed E-state index contributed by atoms with van der Waals surface area (Å²) in [6.45, 7) is 2.17. The lowest BCUT2D eigenvalue weighted by Gasteiger charge is -2.10. The van der Waals surface area contributed by atoms with Crippen molar-refractivity contribution in [2.75, 3.05) is 5.43 Å². The fraction of sp³-hybridized carbons (Fsp3) is 0.182. The molecule has 0 bridgehead atoms. The van der Waals surface area contributed by atoms with Crippen LogP contribution >= 0.6 is 27.3 Å². The summed E-state index contributed by atoms with van der Waals surface area (Å²) in [7, 11) is -3.70. The predicted octanol–water partition coefficient (Wildman–Crippen LogP) is 1.98. The number of nitrogens with one attached hydrogen (secondary N) is 2. The molecule has 2 rings (SSSR count). The van der Waals surface area contributed by atoms with Crippen LogP contribution in [0.2, 0.25) is 0 Å². The van der Waals surface area contributed by atoms with Crippen LogP contribution in [0.25, 0.3) is 0 Å². The average Bonchev–Trinajstić information content (AvgIpc) is 2.82.